The van der Waals surface area contributed by atoms with Crippen LogP contribution in [-0.4, -0.2) is 21.8 Å². The van der Waals surface area contributed by atoms with E-state index in [9.17, 15) is 9.18 Å². The van der Waals surface area contributed by atoms with Crippen molar-refractivity contribution >= 4 is 22.2 Å². The molecule has 0 fully saturated rings. The first kappa shape index (κ1) is 13.8. The summed E-state index contributed by atoms with van der Waals surface area (Å²) in [4.78, 5) is 17.2. The lowest BCUT2D eigenvalue weighted by atomic mass is 10.1. The summed E-state index contributed by atoms with van der Waals surface area (Å²) >= 11 is 1.57. The van der Waals surface area contributed by atoms with E-state index in [2.05, 4.69) is 10.3 Å². The first-order valence-corrected chi connectivity index (χ1v) is 7.51. The third-order valence-electron chi connectivity index (χ3n) is 3.16. The van der Waals surface area contributed by atoms with Gasteiger partial charge in [-0.3, -0.25) is 9.20 Å². The largest absolute Gasteiger partial charge is 0.355 e. The molecule has 0 spiro atoms. The molecule has 1 amide bonds. The van der Waals surface area contributed by atoms with Crippen LogP contribution >= 0.6 is 11.3 Å². The Morgan fingerprint density at radius 3 is 3.05 bits per heavy atom. The summed E-state index contributed by atoms with van der Waals surface area (Å²) < 4.78 is 15.4. The molecule has 1 aromatic carbocycles. The summed E-state index contributed by atoms with van der Waals surface area (Å²) in [6.45, 7) is 0.498. The lowest BCUT2D eigenvalue weighted by molar-refractivity contribution is -0.120. The van der Waals surface area contributed by atoms with Gasteiger partial charge in [-0.1, -0.05) is 18.2 Å². The van der Waals surface area contributed by atoms with Crippen molar-refractivity contribution in [1.29, 1.82) is 0 Å². The molecule has 3 aromatic rings. The highest BCUT2D eigenvalue weighted by molar-refractivity contribution is 7.15. The van der Waals surface area contributed by atoms with Crippen LogP contribution in [0.2, 0.25) is 0 Å². The van der Waals surface area contributed by atoms with Crippen LogP contribution in [0.3, 0.4) is 0 Å². The minimum atomic E-state index is -0.345. The average molecular weight is 303 g/mol. The van der Waals surface area contributed by atoms with Crippen LogP contribution in [0.1, 0.15) is 11.3 Å². The van der Waals surface area contributed by atoms with Gasteiger partial charge in [0.25, 0.3) is 0 Å². The molecule has 0 aliphatic carbocycles. The number of hydrogen-bond donors (Lipinski definition) is 1. The van der Waals surface area contributed by atoms with E-state index in [1.165, 1.54) is 6.07 Å². The highest BCUT2D eigenvalue weighted by Crippen LogP contribution is 2.11. The van der Waals surface area contributed by atoms with E-state index < -0.39 is 0 Å². The van der Waals surface area contributed by atoms with Gasteiger partial charge >= 0.3 is 0 Å². The Kier molecular flexibility index (Phi) is 3.96. The second-order valence-corrected chi connectivity index (χ2v) is 5.57. The zero-order valence-electron chi connectivity index (χ0n) is 11.3. The zero-order chi connectivity index (χ0) is 14.7. The molecule has 3 rings (SSSR count). The maximum absolute atomic E-state index is 13.4. The predicted octanol–water partition coefficient (Wildman–Crippen LogP) is 2.44. The molecule has 1 N–H and O–H groups in total. The Morgan fingerprint density at radius 2 is 2.24 bits per heavy atom. The molecule has 108 valence electrons. The molecule has 0 aliphatic heterocycles. The first-order valence-electron chi connectivity index (χ1n) is 6.63. The van der Waals surface area contributed by atoms with Crippen molar-refractivity contribution < 1.29 is 9.18 Å². The summed E-state index contributed by atoms with van der Waals surface area (Å²) in [5.74, 6) is -0.525. The van der Waals surface area contributed by atoms with Crippen LogP contribution in [0, 0.1) is 5.82 Å². The fourth-order valence-corrected chi connectivity index (χ4v) is 2.82. The van der Waals surface area contributed by atoms with Crippen LogP contribution < -0.4 is 5.32 Å². The zero-order valence-corrected chi connectivity index (χ0v) is 12.1. The maximum Gasteiger partial charge on any atom is 0.224 e. The van der Waals surface area contributed by atoms with E-state index in [1.54, 1.807) is 29.5 Å². The smallest absolute Gasteiger partial charge is 0.224 e. The number of thiazole rings is 1. The summed E-state index contributed by atoms with van der Waals surface area (Å²) in [5.41, 5.74) is 1.35. The van der Waals surface area contributed by atoms with Gasteiger partial charge in [-0.25, -0.2) is 9.37 Å². The maximum atomic E-state index is 13.4. The number of benzene rings is 1. The van der Waals surface area contributed by atoms with Gasteiger partial charge < -0.3 is 5.32 Å². The molecular weight excluding hydrogens is 289 g/mol. The highest BCUT2D eigenvalue weighted by atomic mass is 32.1. The molecule has 0 saturated heterocycles. The fourth-order valence-electron chi connectivity index (χ4n) is 2.10. The van der Waals surface area contributed by atoms with E-state index in [0.717, 1.165) is 10.7 Å². The molecule has 2 aromatic heterocycles. The van der Waals surface area contributed by atoms with Crippen LogP contribution in [-0.2, 0) is 17.6 Å². The van der Waals surface area contributed by atoms with E-state index in [-0.39, 0.29) is 18.1 Å². The van der Waals surface area contributed by atoms with E-state index in [0.29, 0.717) is 18.5 Å². The molecule has 2 heterocycles. The number of fused-ring (bicyclic) bond motifs is 1. The van der Waals surface area contributed by atoms with Gasteiger partial charge in [0.2, 0.25) is 5.91 Å². The van der Waals surface area contributed by atoms with Gasteiger partial charge in [0.15, 0.2) is 4.96 Å². The lowest BCUT2D eigenvalue weighted by Crippen LogP contribution is -2.27. The average Bonchev–Trinajstić information content (AvgIpc) is 3.02. The van der Waals surface area contributed by atoms with Gasteiger partial charge in [0.05, 0.1) is 12.1 Å². The van der Waals surface area contributed by atoms with Crippen molar-refractivity contribution in [3.8, 4) is 0 Å². The number of halogens is 1. The topological polar surface area (TPSA) is 46.4 Å². The second-order valence-electron chi connectivity index (χ2n) is 4.69. The number of amides is 1. The van der Waals surface area contributed by atoms with Gasteiger partial charge in [0, 0.05) is 30.7 Å². The normalized spacial score (nSPS) is 10.9. The number of aromatic nitrogens is 2. The Bertz CT molecular complexity index is 736. The number of imidazole rings is 1. The summed E-state index contributed by atoms with van der Waals surface area (Å²) in [5, 5.41) is 4.77. The van der Waals surface area contributed by atoms with Gasteiger partial charge in [-0.2, -0.15) is 0 Å². The van der Waals surface area contributed by atoms with Crippen molar-refractivity contribution in [2.45, 2.75) is 12.8 Å². The molecule has 21 heavy (non-hydrogen) atoms. The Labute approximate surface area is 125 Å². The third-order valence-corrected chi connectivity index (χ3v) is 3.93. The molecule has 6 heteroatoms. The number of nitrogens with one attached hydrogen (secondary N) is 1. The second kappa shape index (κ2) is 6.05. The van der Waals surface area contributed by atoms with Crippen molar-refractivity contribution in [3.05, 3.63) is 59.1 Å². The van der Waals surface area contributed by atoms with Crippen LogP contribution in [0.15, 0.2) is 42.0 Å². The Morgan fingerprint density at radius 1 is 1.38 bits per heavy atom. The van der Waals surface area contributed by atoms with Crippen LogP contribution in [0.25, 0.3) is 4.96 Å². The minimum absolute atomic E-state index is 0.0605. The van der Waals surface area contributed by atoms with Crippen molar-refractivity contribution in [3.63, 3.8) is 0 Å². The van der Waals surface area contributed by atoms with Crippen LogP contribution in [0.5, 0.6) is 0 Å². The SMILES string of the molecule is O=C(Cc1ccccc1F)NCCc1cn2ccsc2n1. The molecule has 4 nitrogen and oxygen atoms in total. The van der Waals surface area contributed by atoms with E-state index in [1.807, 2.05) is 22.2 Å². The number of carbonyl (C=O) groups excluding carboxylic acids is 1. The van der Waals surface area contributed by atoms with Gasteiger partial charge in [0.1, 0.15) is 5.82 Å². The van der Waals surface area contributed by atoms with Crippen LogP contribution in [0.4, 0.5) is 4.39 Å². The number of rotatable bonds is 5. The summed E-state index contributed by atoms with van der Waals surface area (Å²) in [6.07, 6.45) is 4.63. The third kappa shape index (κ3) is 3.28. The molecule has 0 bridgehead atoms. The van der Waals surface area contributed by atoms with E-state index in [4.69, 9.17) is 0 Å². The van der Waals surface area contributed by atoms with Crippen molar-refractivity contribution in [2.24, 2.45) is 0 Å². The van der Waals surface area contributed by atoms with Crippen molar-refractivity contribution in [1.82, 2.24) is 14.7 Å². The molecule has 0 aliphatic rings. The molecule has 0 radical (unpaired) electrons. The minimum Gasteiger partial charge on any atom is -0.355 e. The van der Waals surface area contributed by atoms with Gasteiger partial charge in [-0.05, 0) is 11.6 Å². The standard InChI is InChI=1S/C15H14FN3OS/c16-13-4-2-1-3-11(13)9-14(20)17-6-5-12-10-19-7-8-21-15(19)18-12/h1-4,7-8,10H,5-6,9H2,(H,17,20). The predicted molar refractivity (Wildman–Crippen MR) is 79.9 cm³/mol. The summed E-state index contributed by atoms with van der Waals surface area (Å²) in [7, 11) is 0. The Hall–Kier alpha value is -2.21. The Balaban J connectivity index is 1.50. The summed E-state index contributed by atoms with van der Waals surface area (Å²) in [6, 6.07) is 6.32. The fraction of sp³-hybridized carbons (Fsp3) is 0.200. The van der Waals surface area contributed by atoms with Gasteiger partial charge in [-0.15, -0.1) is 11.3 Å². The molecular formula is C15H14FN3OS. The number of nitrogens with zero attached hydrogens (tertiary/aromatic N) is 2. The molecule has 0 atom stereocenters. The number of hydrogen-bond acceptors (Lipinski definition) is 3. The number of carbonyl (C=O) groups is 1. The van der Waals surface area contributed by atoms with E-state index >= 15 is 0 Å². The molecule has 0 saturated carbocycles. The molecule has 0 unspecified atom stereocenters. The quantitative estimate of drug-likeness (QED) is 0.787. The first-order chi connectivity index (χ1) is 10.2. The highest BCUT2D eigenvalue weighted by Gasteiger charge is 2.08. The lowest BCUT2D eigenvalue weighted by Gasteiger charge is -2.05. The monoisotopic (exact) mass is 303 g/mol. The van der Waals surface area contributed by atoms with Crippen molar-refractivity contribution in [2.75, 3.05) is 6.54 Å².